The van der Waals surface area contributed by atoms with E-state index in [0.717, 1.165) is 58.1 Å². The first kappa shape index (κ1) is 18.9. The van der Waals surface area contributed by atoms with Gasteiger partial charge in [-0.15, -0.1) is 11.3 Å². The second kappa shape index (κ2) is 7.64. The van der Waals surface area contributed by atoms with Crippen LogP contribution in [0.25, 0.3) is 33.2 Å². The van der Waals surface area contributed by atoms with E-state index in [9.17, 15) is 4.79 Å². The minimum atomic E-state index is 0.221. The van der Waals surface area contributed by atoms with E-state index in [-0.39, 0.29) is 5.91 Å². The molecular formula is C21H22N6O2S. The van der Waals surface area contributed by atoms with E-state index in [0.29, 0.717) is 24.7 Å². The molecule has 3 aromatic heterocycles. The fraction of sp³-hybridized carbons (Fsp3) is 0.381. The third kappa shape index (κ3) is 3.49. The van der Waals surface area contributed by atoms with E-state index in [1.807, 2.05) is 41.5 Å². The van der Waals surface area contributed by atoms with E-state index >= 15 is 0 Å². The van der Waals surface area contributed by atoms with Crippen LogP contribution < -0.4 is 0 Å². The number of imidazole rings is 1. The van der Waals surface area contributed by atoms with Crippen LogP contribution in [0.3, 0.4) is 0 Å². The molecule has 0 radical (unpaired) electrons. The van der Waals surface area contributed by atoms with Crippen LogP contribution in [0.15, 0.2) is 29.0 Å². The molecule has 8 nitrogen and oxygen atoms in total. The maximum atomic E-state index is 12.3. The number of rotatable bonds is 5. The van der Waals surface area contributed by atoms with Crippen LogP contribution in [0.5, 0.6) is 0 Å². The van der Waals surface area contributed by atoms with E-state index in [4.69, 9.17) is 4.52 Å². The second-order valence-electron chi connectivity index (χ2n) is 7.55. The first-order valence-electron chi connectivity index (χ1n) is 10.1. The lowest BCUT2D eigenvalue weighted by Gasteiger charge is -2.15. The Kier molecular flexibility index (Phi) is 4.82. The van der Waals surface area contributed by atoms with Crippen LogP contribution in [-0.4, -0.2) is 48.6 Å². The van der Waals surface area contributed by atoms with Crippen molar-refractivity contribution in [1.29, 1.82) is 0 Å². The summed E-state index contributed by atoms with van der Waals surface area (Å²) in [6, 6.07) is 5.91. The molecule has 0 unspecified atom stereocenters. The van der Waals surface area contributed by atoms with Gasteiger partial charge in [-0.1, -0.05) is 5.16 Å². The molecule has 1 aliphatic heterocycles. The minimum Gasteiger partial charge on any atom is -0.343 e. The van der Waals surface area contributed by atoms with Crippen LogP contribution in [0.2, 0.25) is 0 Å². The van der Waals surface area contributed by atoms with Gasteiger partial charge < -0.3 is 14.0 Å². The predicted octanol–water partition coefficient (Wildman–Crippen LogP) is 3.84. The van der Waals surface area contributed by atoms with Crippen molar-refractivity contribution < 1.29 is 9.32 Å². The highest BCUT2D eigenvalue weighted by molar-refractivity contribution is 7.15. The van der Waals surface area contributed by atoms with Gasteiger partial charge in [-0.2, -0.15) is 4.98 Å². The van der Waals surface area contributed by atoms with Crippen molar-refractivity contribution in [3.8, 4) is 22.2 Å². The zero-order valence-corrected chi connectivity index (χ0v) is 17.8. The number of nitrogens with zero attached hydrogens (tertiary/aromatic N) is 6. The fourth-order valence-corrected chi connectivity index (χ4v) is 4.73. The Hall–Kier alpha value is -3.07. The number of hydrogen-bond acceptors (Lipinski definition) is 7. The molecule has 0 spiro atoms. The van der Waals surface area contributed by atoms with Crippen molar-refractivity contribution in [2.75, 3.05) is 13.1 Å². The molecule has 1 amide bonds. The monoisotopic (exact) mass is 422 g/mol. The van der Waals surface area contributed by atoms with E-state index in [2.05, 4.69) is 20.1 Å². The zero-order valence-electron chi connectivity index (χ0n) is 17.0. The topological polar surface area (TPSA) is 89.9 Å². The molecule has 1 aliphatic rings. The number of carbonyl (C=O) groups is 1. The standard InChI is InChI=1S/C21H22N6O2S/c1-13-19(30-14(2)23-13)21-24-20(25-29-21)15-5-6-17-16(11-15)22-12-27(17)10-7-18(28)26-8-3-4-9-26/h5-6,11-12H,3-4,7-10H2,1-2H3. The van der Waals surface area contributed by atoms with Gasteiger partial charge in [-0.05, 0) is 44.9 Å². The molecule has 5 rings (SSSR count). The number of aryl methyl sites for hydroxylation is 3. The van der Waals surface area contributed by atoms with Gasteiger partial charge in [0.05, 0.1) is 28.1 Å². The van der Waals surface area contributed by atoms with E-state index in [1.54, 1.807) is 17.7 Å². The van der Waals surface area contributed by atoms with Crippen LogP contribution in [0.4, 0.5) is 0 Å². The molecule has 30 heavy (non-hydrogen) atoms. The summed E-state index contributed by atoms with van der Waals surface area (Å²) in [6.07, 6.45) is 4.51. The van der Waals surface area contributed by atoms with Crippen molar-refractivity contribution in [1.82, 2.24) is 29.6 Å². The Morgan fingerprint density at radius 2 is 2.03 bits per heavy atom. The fourth-order valence-electron chi connectivity index (χ4n) is 3.88. The molecule has 9 heteroatoms. The number of amides is 1. The highest BCUT2D eigenvalue weighted by atomic mass is 32.1. The van der Waals surface area contributed by atoms with Crippen LogP contribution in [-0.2, 0) is 11.3 Å². The second-order valence-corrected chi connectivity index (χ2v) is 8.75. The number of aromatic nitrogens is 5. The molecule has 4 aromatic rings. The number of likely N-dealkylation sites (tertiary alicyclic amines) is 1. The quantitative estimate of drug-likeness (QED) is 0.485. The van der Waals surface area contributed by atoms with E-state index < -0.39 is 0 Å². The molecule has 1 fully saturated rings. The third-order valence-corrected chi connectivity index (χ3v) is 6.49. The smallest absolute Gasteiger partial charge is 0.270 e. The molecule has 0 atom stereocenters. The molecule has 0 bridgehead atoms. The summed E-state index contributed by atoms with van der Waals surface area (Å²) in [7, 11) is 0. The van der Waals surface area contributed by atoms with Crippen molar-refractivity contribution in [2.24, 2.45) is 0 Å². The number of carbonyl (C=O) groups excluding carboxylic acids is 1. The van der Waals surface area contributed by atoms with Crippen molar-refractivity contribution in [2.45, 2.75) is 39.7 Å². The Labute approximate surface area is 177 Å². The lowest BCUT2D eigenvalue weighted by Crippen LogP contribution is -2.28. The molecule has 154 valence electrons. The van der Waals surface area contributed by atoms with Gasteiger partial charge in [0.15, 0.2) is 0 Å². The van der Waals surface area contributed by atoms with Gasteiger partial charge in [-0.25, -0.2) is 9.97 Å². The molecule has 1 saturated heterocycles. The normalized spacial score (nSPS) is 14.1. The van der Waals surface area contributed by atoms with Crippen LogP contribution in [0.1, 0.15) is 30.0 Å². The summed E-state index contributed by atoms with van der Waals surface area (Å²) in [5, 5.41) is 5.11. The van der Waals surface area contributed by atoms with Gasteiger partial charge in [0.1, 0.15) is 4.88 Å². The average molecular weight is 423 g/mol. The average Bonchev–Trinajstić information content (AvgIpc) is 3.52. The highest BCUT2D eigenvalue weighted by Crippen LogP contribution is 2.30. The Morgan fingerprint density at radius 3 is 2.80 bits per heavy atom. The van der Waals surface area contributed by atoms with Gasteiger partial charge in [0, 0.05) is 31.6 Å². The Bertz CT molecular complexity index is 1220. The highest BCUT2D eigenvalue weighted by Gasteiger charge is 2.19. The molecule has 1 aromatic carbocycles. The molecule has 4 heterocycles. The maximum absolute atomic E-state index is 12.3. The summed E-state index contributed by atoms with van der Waals surface area (Å²) in [5.41, 5.74) is 3.57. The van der Waals surface area contributed by atoms with Gasteiger partial charge >= 0.3 is 0 Å². The largest absolute Gasteiger partial charge is 0.343 e. The Balaban J connectivity index is 1.35. The first-order chi connectivity index (χ1) is 14.6. The molecule has 0 N–H and O–H groups in total. The van der Waals surface area contributed by atoms with Gasteiger partial charge in [-0.3, -0.25) is 4.79 Å². The zero-order chi connectivity index (χ0) is 20.7. The van der Waals surface area contributed by atoms with Crippen LogP contribution in [0, 0.1) is 13.8 Å². The number of hydrogen-bond donors (Lipinski definition) is 0. The van der Waals surface area contributed by atoms with Crippen molar-refractivity contribution >= 4 is 28.3 Å². The van der Waals surface area contributed by atoms with E-state index in [1.165, 1.54) is 0 Å². The number of fused-ring (bicyclic) bond motifs is 1. The van der Waals surface area contributed by atoms with Gasteiger partial charge in [0.25, 0.3) is 5.89 Å². The summed E-state index contributed by atoms with van der Waals surface area (Å²) >= 11 is 1.54. The van der Waals surface area contributed by atoms with Crippen molar-refractivity contribution in [3.05, 3.63) is 35.2 Å². The maximum Gasteiger partial charge on any atom is 0.270 e. The summed E-state index contributed by atoms with van der Waals surface area (Å²) in [4.78, 5) is 28.7. The summed E-state index contributed by atoms with van der Waals surface area (Å²) in [5.74, 6) is 1.23. The SMILES string of the molecule is Cc1nc(C)c(-c2nc(-c3ccc4c(c3)ncn4CCC(=O)N3CCCC3)no2)s1. The lowest BCUT2D eigenvalue weighted by molar-refractivity contribution is -0.130. The summed E-state index contributed by atoms with van der Waals surface area (Å²) < 4.78 is 7.50. The summed E-state index contributed by atoms with van der Waals surface area (Å²) in [6.45, 7) is 6.30. The Morgan fingerprint density at radius 1 is 1.20 bits per heavy atom. The van der Waals surface area contributed by atoms with Gasteiger partial charge in [0.2, 0.25) is 11.7 Å². The number of benzene rings is 1. The third-order valence-electron chi connectivity index (χ3n) is 5.43. The molecule has 0 saturated carbocycles. The molecule has 0 aliphatic carbocycles. The number of thiazole rings is 1. The molecular weight excluding hydrogens is 400 g/mol. The first-order valence-corrected chi connectivity index (χ1v) is 10.9. The lowest BCUT2D eigenvalue weighted by atomic mass is 10.2. The van der Waals surface area contributed by atoms with Crippen LogP contribution >= 0.6 is 11.3 Å². The minimum absolute atomic E-state index is 0.221. The van der Waals surface area contributed by atoms with Crippen molar-refractivity contribution in [3.63, 3.8) is 0 Å². The predicted molar refractivity (Wildman–Crippen MR) is 114 cm³/mol.